The highest BCUT2D eigenvalue weighted by Gasteiger charge is 2.18. The van der Waals surface area contributed by atoms with Gasteiger partial charge in [0.2, 0.25) is 5.88 Å². The first-order valence-electron chi connectivity index (χ1n) is 3.21. The lowest BCUT2D eigenvalue weighted by Gasteiger charge is -2.26. The van der Waals surface area contributed by atoms with E-state index in [-0.39, 0.29) is 0 Å². The average molecular weight is 156 g/mol. The monoisotopic (exact) mass is 156 g/mol. The zero-order valence-electron chi connectivity index (χ0n) is 5.41. The molecule has 0 atom stereocenters. The molecule has 0 bridgehead atoms. The molecular formula is C6H8N2OS. The zero-order valence-corrected chi connectivity index (χ0v) is 6.23. The van der Waals surface area contributed by atoms with Gasteiger partial charge in [0, 0.05) is 13.1 Å². The number of hydrogen-bond acceptors (Lipinski definition) is 4. The summed E-state index contributed by atoms with van der Waals surface area (Å²) in [5.41, 5.74) is 1.78. The van der Waals surface area contributed by atoms with Crippen LogP contribution in [0.3, 0.4) is 0 Å². The Labute approximate surface area is 63.0 Å². The van der Waals surface area contributed by atoms with Gasteiger partial charge in [-0.1, -0.05) is 0 Å². The van der Waals surface area contributed by atoms with E-state index >= 15 is 0 Å². The van der Waals surface area contributed by atoms with E-state index in [4.69, 9.17) is 4.74 Å². The Bertz CT molecular complexity index is 196. The van der Waals surface area contributed by atoms with Crippen molar-refractivity contribution >= 4 is 11.3 Å². The molecule has 0 amide bonds. The largest absolute Gasteiger partial charge is 0.471 e. The first-order valence-corrected chi connectivity index (χ1v) is 4.15. The zero-order chi connectivity index (χ0) is 6.81. The second kappa shape index (κ2) is 2.56. The van der Waals surface area contributed by atoms with Crippen molar-refractivity contribution in [3.8, 4) is 5.88 Å². The minimum absolute atomic E-state index is 0.349. The highest BCUT2D eigenvalue weighted by molar-refractivity contribution is 7.07. The van der Waals surface area contributed by atoms with Crippen molar-refractivity contribution in [2.75, 3.05) is 13.1 Å². The van der Waals surface area contributed by atoms with Crippen LogP contribution in [0.15, 0.2) is 10.9 Å². The highest BCUT2D eigenvalue weighted by Crippen LogP contribution is 2.12. The first-order chi connectivity index (χ1) is 4.95. The van der Waals surface area contributed by atoms with Crippen molar-refractivity contribution in [1.82, 2.24) is 10.3 Å². The molecule has 1 aromatic rings. The van der Waals surface area contributed by atoms with Gasteiger partial charge in [0.1, 0.15) is 6.10 Å². The molecule has 1 aliphatic rings. The molecule has 0 radical (unpaired) electrons. The fourth-order valence-corrected chi connectivity index (χ4v) is 1.23. The summed E-state index contributed by atoms with van der Waals surface area (Å²) in [4.78, 5) is 4.01. The predicted octanol–water partition coefficient (Wildman–Crippen LogP) is 0.494. The first kappa shape index (κ1) is 6.12. The Hall–Kier alpha value is -0.610. The summed E-state index contributed by atoms with van der Waals surface area (Å²) in [6.45, 7) is 1.91. The minimum Gasteiger partial charge on any atom is -0.471 e. The summed E-state index contributed by atoms with van der Waals surface area (Å²) in [5, 5.41) is 5.04. The summed E-state index contributed by atoms with van der Waals surface area (Å²) >= 11 is 1.56. The number of nitrogens with one attached hydrogen (secondary N) is 1. The van der Waals surface area contributed by atoms with Gasteiger partial charge in [-0.15, -0.1) is 11.3 Å². The molecule has 2 rings (SSSR count). The number of hydrogen-bond donors (Lipinski definition) is 1. The maximum Gasteiger partial charge on any atom is 0.224 e. The third-order valence-corrected chi connectivity index (χ3v) is 2.01. The SMILES string of the molecule is c1nc(OC2CNC2)cs1. The topological polar surface area (TPSA) is 34.1 Å². The lowest BCUT2D eigenvalue weighted by molar-refractivity contribution is 0.137. The molecular weight excluding hydrogens is 148 g/mol. The Morgan fingerprint density at radius 3 is 3.10 bits per heavy atom. The minimum atomic E-state index is 0.349. The fourth-order valence-electron chi connectivity index (χ4n) is 0.776. The van der Waals surface area contributed by atoms with Crippen LogP contribution in [-0.4, -0.2) is 24.2 Å². The van der Waals surface area contributed by atoms with Gasteiger partial charge < -0.3 is 10.1 Å². The van der Waals surface area contributed by atoms with E-state index in [1.54, 1.807) is 16.8 Å². The third kappa shape index (κ3) is 1.12. The molecule has 0 aliphatic carbocycles. The lowest BCUT2D eigenvalue weighted by atomic mass is 10.2. The number of nitrogens with zero attached hydrogens (tertiary/aromatic N) is 1. The van der Waals surface area contributed by atoms with E-state index in [2.05, 4.69) is 10.3 Å². The smallest absolute Gasteiger partial charge is 0.224 e. The van der Waals surface area contributed by atoms with Gasteiger partial charge in [-0.05, 0) is 0 Å². The summed E-state index contributed by atoms with van der Waals surface area (Å²) in [5.74, 6) is 0.761. The number of thiazole rings is 1. The second-order valence-corrected chi connectivity index (χ2v) is 2.94. The van der Waals surface area contributed by atoms with Crippen molar-refractivity contribution in [3.05, 3.63) is 10.9 Å². The Morgan fingerprint density at radius 2 is 2.60 bits per heavy atom. The van der Waals surface area contributed by atoms with Crippen LogP contribution in [0.25, 0.3) is 0 Å². The molecule has 0 aromatic carbocycles. The van der Waals surface area contributed by atoms with Crippen LogP contribution in [0, 0.1) is 0 Å². The van der Waals surface area contributed by atoms with Crippen LogP contribution in [0.2, 0.25) is 0 Å². The highest BCUT2D eigenvalue weighted by atomic mass is 32.1. The van der Waals surface area contributed by atoms with Crippen LogP contribution in [0.5, 0.6) is 5.88 Å². The van der Waals surface area contributed by atoms with Gasteiger partial charge in [-0.3, -0.25) is 0 Å². The lowest BCUT2D eigenvalue weighted by Crippen LogP contribution is -2.50. The molecule has 54 valence electrons. The quantitative estimate of drug-likeness (QED) is 0.676. The molecule has 10 heavy (non-hydrogen) atoms. The molecule has 4 heteroatoms. The predicted molar refractivity (Wildman–Crippen MR) is 39.4 cm³/mol. The Kier molecular flexibility index (Phi) is 1.56. The van der Waals surface area contributed by atoms with Crippen molar-refractivity contribution in [3.63, 3.8) is 0 Å². The normalized spacial score (nSPS) is 18.4. The molecule has 1 saturated heterocycles. The number of aromatic nitrogens is 1. The third-order valence-electron chi connectivity index (χ3n) is 1.44. The molecule has 1 aliphatic heterocycles. The maximum absolute atomic E-state index is 5.43. The Balaban J connectivity index is 1.90. The summed E-state index contributed by atoms with van der Waals surface area (Å²) < 4.78 is 5.43. The molecule has 3 nitrogen and oxygen atoms in total. The second-order valence-electron chi connectivity index (χ2n) is 2.22. The summed E-state index contributed by atoms with van der Waals surface area (Å²) in [6.07, 6.45) is 0.349. The van der Waals surface area contributed by atoms with E-state index in [1.807, 2.05) is 5.38 Å². The summed E-state index contributed by atoms with van der Waals surface area (Å²) in [7, 11) is 0. The van der Waals surface area contributed by atoms with Gasteiger partial charge in [0.05, 0.1) is 10.9 Å². The van der Waals surface area contributed by atoms with E-state index in [0.717, 1.165) is 19.0 Å². The molecule has 1 fully saturated rings. The van der Waals surface area contributed by atoms with E-state index in [1.165, 1.54) is 0 Å². The van der Waals surface area contributed by atoms with E-state index < -0.39 is 0 Å². The van der Waals surface area contributed by atoms with Crippen molar-refractivity contribution in [2.45, 2.75) is 6.10 Å². The molecule has 1 N–H and O–H groups in total. The maximum atomic E-state index is 5.43. The van der Waals surface area contributed by atoms with Crippen molar-refractivity contribution in [1.29, 1.82) is 0 Å². The van der Waals surface area contributed by atoms with Crippen LogP contribution in [0.4, 0.5) is 0 Å². The fraction of sp³-hybridized carbons (Fsp3) is 0.500. The van der Waals surface area contributed by atoms with Gasteiger partial charge in [0.25, 0.3) is 0 Å². The molecule has 0 spiro atoms. The van der Waals surface area contributed by atoms with Gasteiger partial charge in [0.15, 0.2) is 0 Å². The van der Waals surface area contributed by atoms with Crippen LogP contribution < -0.4 is 10.1 Å². The number of ether oxygens (including phenoxy) is 1. The van der Waals surface area contributed by atoms with Gasteiger partial charge in [-0.2, -0.15) is 0 Å². The van der Waals surface area contributed by atoms with Crippen LogP contribution >= 0.6 is 11.3 Å². The molecule has 2 heterocycles. The molecule has 1 aromatic heterocycles. The summed E-state index contributed by atoms with van der Waals surface area (Å²) in [6, 6.07) is 0. The van der Waals surface area contributed by atoms with Gasteiger partial charge >= 0.3 is 0 Å². The van der Waals surface area contributed by atoms with Crippen molar-refractivity contribution < 1.29 is 4.74 Å². The average Bonchev–Trinajstić information content (AvgIpc) is 2.29. The molecule has 0 unspecified atom stereocenters. The van der Waals surface area contributed by atoms with E-state index in [0.29, 0.717) is 6.10 Å². The van der Waals surface area contributed by atoms with Crippen LogP contribution in [0.1, 0.15) is 0 Å². The van der Waals surface area contributed by atoms with E-state index in [9.17, 15) is 0 Å². The molecule has 0 saturated carbocycles. The van der Waals surface area contributed by atoms with Crippen molar-refractivity contribution in [2.24, 2.45) is 0 Å². The Morgan fingerprint density at radius 1 is 1.70 bits per heavy atom. The van der Waals surface area contributed by atoms with Crippen LogP contribution in [-0.2, 0) is 0 Å². The van der Waals surface area contributed by atoms with Gasteiger partial charge in [-0.25, -0.2) is 4.98 Å². The standard InChI is InChI=1S/C6H8N2OS/c1-5(2-7-1)9-6-3-10-4-8-6/h3-5,7H,1-2H2. The number of rotatable bonds is 2.